The van der Waals surface area contributed by atoms with Crippen molar-refractivity contribution >= 4 is 17.6 Å². The summed E-state index contributed by atoms with van der Waals surface area (Å²) < 4.78 is 0. The molecule has 1 atom stereocenters. The lowest BCUT2D eigenvalue weighted by Crippen LogP contribution is -2.07. The topological polar surface area (TPSA) is 70.6 Å². The van der Waals surface area contributed by atoms with Crippen LogP contribution in [0.4, 0.5) is 11.4 Å². The minimum Gasteiger partial charge on any atom is -0.507 e. The zero-order valence-electron chi connectivity index (χ0n) is 19.8. The van der Waals surface area contributed by atoms with Gasteiger partial charge in [-0.05, 0) is 40.5 Å². The van der Waals surface area contributed by atoms with E-state index >= 15 is 0 Å². The summed E-state index contributed by atoms with van der Waals surface area (Å²) in [6.07, 6.45) is 1.39. The van der Waals surface area contributed by atoms with E-state index in [0.29, 0.717) is 0 Å². The Morgan fingerprint density at radius 3 is 1.83 bits per heavy atom. The molecule has 36 heavy (non-hydrogen) atoms. The average Bonchev–Trinajstić information content (AvgIpc) is 2.94. The van der Waals surface area contributed by atoms with Gasteiger partial charge in [0.1, 0.15) is 11.9 Å². The van der Waals surface area contributed by atoms with Crippen molar-refractivity contribution < 1.29 is 5.11 Å². The zero-order valence-corrected chi connectivity index (χ0v) is 19.8. The molecular weight excluding hydrogens is 442 g/mol. The van der Waals surface area contributed by atoms with Crippen molar-refractivity contribution in [3.63, 3.8) is 0 Å². The van der Waals surface area contributed by atoms with E-state index in [1.54, 1.807) is 12.3 Å². The molecule has 4 N–H and O–H groups in total. The molecule has 1 unspecified atom stereocenters. The highest BCUT2D eigenvalue weighted by atomic mass is 16.3. The van der Waals surface area contributed by atoms with Crippen LogP contribution in [0.3, 0.4) is 0 Å². The van der Waals surface area contributed by atoms with Crippen molar-refractivity contribution in [1.82, 2.24) is 0 Å². The van der Waals surface area contributed by atoms with Gasteiger partial charge in [0.25, 0.3) is 0 Å². The van der Waals surface area contributed by atoms with Gasteiger partial charge in [0.05, 0.1) is 5.69 Å². The Hall–Kier alpha value is -4.67. The van der Waals surface area contributed by atoms with Gasteiger partial charge < -0.3 is 16.2 Å². The van der Waals surface area contributed by atoms with Crippen molar-refractivity contribution in [3.8, 4) is 28.0 Å². The molecule has 176 valence electrons. The minimum absolute atomic E-state index is 0.224. The van der Waals surface area contributed by atoms with E-state index in [9.17, 15) is 5.11 Å². The first-order chi connectivity index (χ1) is 17.7. The highest BCUT2D eigenvalue weighted by Crippen LogP contribution is 2.40. The zero-order chi connectivity index (χ0) is 24.7. The van der Waals surface area contributed by atoms with E-state index in [-0.39, 0.29) is 5.75 Å². The second-order valence-electron chi connectivity index (χ2n) is 8.53. The van der Waals surface area contributed by atoms with Crippen LogP contribution < -0.4 is 11.1 Å². The van der Waals surface area contributed by atoms with Gasteiger partial charge in [0, 0.05) is 29.1 Å². The highest BCUT2D eigenvalue weighted by Gasteiger charge is 2.13. The van der Waals surface area contributed by atoms with Crippen molar-refractivity contribution in [2.24, 2.45) is 10.7 Å². The summed E-state index contributed by atoms with van der Waals surface area (Å²) in [7, 11) is 0. The molecular formula is C32H27N3O. The maximum absolute atomic E-state index is 10.9. The van der Waals surface area contributed by atoms with Crippen LogP contribution in [-0.4, -0.2) is 11.3 Å². The summed E-state index contributed by atoms with van der Waals surface area (Å²) in [5.74, 6) is 0.224. The third-order valence-corrected chi connectivity index (χ3v) is 6.02. The van der Waals surface area contributed by atoms with Crippen LogP contribution in [0.25, 0.3) is 22.3 Å². The van der Waals surface area contributed by atoms with E-state index in [4.69, 9.17) is 5.73 Å². The number of nitrogens with one attached hydrogen (secondary N) is 1. The number of aromatic hydroxyl groups is 1. The molecule has 0 saturated heterocycles. The molecule has 0 aromatic heterocycles. The molecule has 5 aromatic carbocycles. The maximum atomic E-state index is 10.9. The Morgan fingerprint density at radius 1 is 0.667 bits per heavy atom. The molecule has 4 heteroatoms. The number of anilines is 2. The summed E-state index contributed by atoms with van der Waals surface area (Å²) in [6, 6.07) is 41.7. The predicted octanol–water partition coefficient (Wildman–Crippen LogP) is 7.55. The highest BCUT2D eigenvalue weighted by molar-refractivity contribution is 5.88. The maximum Gasteiger partial charge on any atom is 0.125 e. The van der Waals surface area contributed by atoms with Crippen molar-refractivity contribution in [2.75, 3.05) is 5.32 Å². The number of rotatable bonds is 7. The van der Waals surface area contributed by atoms with Gasteiger partial charge in [-0.15, -0.1) is 0 Å². The molecule has 0 radical (unpaired) electrons. The number of aliphatic imine (C=N–C) groups is 1. The first-order valence-corrected chi connectivity index (χ1v) is 11.9. The predicted molar refractivity (Wildman–Crippen MR) is 150 cm³/mol. The van der Waals surface area contributed by atoms with Gasteiger partial charge >= 0.3 is 0 Å². The van der Waals surface area contributed by atoms with Crippen LogP contribution >= 0.6 is 0 Å². The quantitative estimate of drug-likeness (QED) is 0.216. The summed E-state index contributed by atoms with van der Waals surface area (Å²) in [4.78, 5) is 4.48. The molecule has 0 heterocycles. The summed E-state index contributed by atoms with van der Waals surface area (Å²) in [5, 5.41) is 14.4. The Bertz CT molecular complexity index is 1450. The lowest BCUT2D eigenvalue weighted by molar-refractivity contribution is 0.477. The van der Waals surface area contributed by atoms with E-state index in [1.165, 1.54) is 0 Å². The van der Waals surface area contributed by atoms with Gasteiger partial charge in [-0.3, -0.25) is 4.99 Å². The first kappa shape index (κ1) is 23.1. The number of phenolic OH excluding ortho intramolecular Hbond substituents is 1. The molecule has 0 spiro atoms. The molecule has 5 rings (SSSR count). The number of benzene rings is 5. The normalized spacial score (nSPS) is 11.9. The lowest BCUT2D eigenvalue weighted by atomic mass is 9.96. The van der Waals surface area contributed by atoms with Gasteiger partial charge in [-0.1, -0.05) is 103 Å². The van der Waals surface area contributed by atoms with Crippen LogP contribution in [0, 0.1) is 0 Å². The molecule has 0 bridgehead atoms. The standard InChI is InChI=1S/C32H27N3O/c33-32(26-14-8-3-9-15-26)34-22-23-16-18-27(19-17-23)35-30-21-31(36)29(25-12-6-2-7-13-25)20-28(30)24-10-4-1-5-11-24/h1-22,32,35-36H,33H2. The molecule has 0 fully saturated rings. The van der Waals surface area contributed by atoms with Gasteiger partial charge in [-0.25, -0.2) is 0 Å². The molecule has 0 saturated carbocycles. The molecule has 4 nitrogen and oxygen atoms in total. The van der Waals surface area contributed by atoms with Gasteiger partial charge in [-0.2, -0.15) is 0 Å². The number of nitrogens with two attached hydrogens (primary N) is 1. The second kappa shape index (κ2) is 10.7. The molecule has 5 aromatic rings. The van der Waals surface area contributed by atoms with E-state index in [2.05, 4.69) is 22.4 Å². The van der Waals surface area contributed by atoms with Crippen molar-refractivity contribution in [1.29, 1.82) is 0 Å². The smallest absolute Gasteiger partial charge is 0.125 e. The average molecular weight is 470 g/mol. The minimum atomic E-state index is -0.400. The summed E-state index contributed by atoms with van der Waals surface area (Å²) in [5.41, 5.74) is 13.7. The Morgan fingerprint density at radius 2 is 1.22 bits per heavy atom. The molecule has 0 amide bonds. The van der Waals surface area contributed by atoms with Crippen molar-refractivity contribution in [2.45, 2.75) is 6.17 Å². The molecule has 0 aliphatic carbocycles. The van der Waals surface area contributed by atoms with Gasteiger partial charge in [0.2, 0.25) is 0 Å². The number of phenols is 1. The Labute approximate surface area is 211 Å². The van der Waals surface area contributed by atoms with Crippen LogP contribution in [0.2, 0.25) is 0 Å². The Balaban J connectivity index is 1.41. The summed E-state index contributed by atoms with van der Waals surface area (Å²) in [6.45, 7) is 0. The third-order valence-electron chi connectivity index (χ3n) is 6.02. The van der Waals surface area contributed by atoms with Crippen LogP contribution in [0.1, 0.15) is 17.3 Å². The second-order valence-corrected chi connectivity index (χ2v) is 8.53. The third kappa shape index (κ3) is 5.35. The monoisotopic (exact) mass is 469 g/mol. The number of nitrogens with zero attached hydrogens (tertiary/aromatic N) is 1. The van der Waals surface area contributed by atoms with Gasteiger partial charge in [0.15, 0.2) is 0 Å². The number of hydrogen-bond acceptors (Lipinski definition) is 4. The molecule has 0 aliphatic rings. The lowest BCUT2D eigenvalue weighted by Gasteiger charge is -2.16. The van der Waals surface area contributed by atoms with Crippen molar-refractivity contribution in [3.05, 3.63) is 139 Å². The van der Waals surface area contributed by atoms with Crippen LogP contribution in [0.5, 0.6) is 5.75 Å². The summed E-state index contributed by atoms with van der Waals surface area (Å²) >= 11 is 0. The number of hydrogen-bond donors (Lipinski definition) is 3. The largest absolute Gasteiger partial charge is 0.507 e. The van der Waals surface area contributed by atoms with Crippen LogP contribution in [0.15, 0.2) is 132 Å². The fourth-order valence-electron chi connectivity index (χ4n) is 4.11. The fourth-order valence-corrected chi connectivity index (χ4v) is 4.11. The van der Waals surface area contributed by atoms with E-state index in [1.807, 2.05) is 109 Å². The SMILES string of the molecule is NC(N=Cc1ccc(Nc2cc(O)c(-c3ccccc3)cc2-c2ccccc2)cc1)c1ccccc1. The van der Waals surface area contributed by atoms with E-state index < -0.39 is 6.17 Å². The fraction of sp³-hybridized carbons (Fsp3) is 0.0312. The Kier molecular flexibility index (Phi) is 6.88. The van der Waals surface area contributed by atoms with E-state index in [0.717, 1.165) is 44.8 Å². The first-order valence-electron chi connectivity index (χ1n) is 11.9. The molecule has 0 aliphatic heterocycles. The van der Waals surface area contributed by atoms with Crippen LogP contribution in [-0.2, 0) is 0 Å².